The molecule has 0 aromatic carbocycles. The average Bonchev–Trinajstić information content (AvgIpc) is 0.811. The third kappa shape index (κ3) is 16.1. The van der Waals surface area contributed by atoms with Crippen LogP contribution in [-0.4, -0.2) is 4.05 Å². The van der Waals surface area contributed by atoms with Crippen molar-refractivity contribution in [2.45, 2.75) is 11.0 Å². The minimum atomic E-state index is 0.303. The first-order valence-electron chi connectivity index (χ1n) is 1.13. The normalized spacial score (nSPS) is 15.8. The van der Waals surface area contributed by atoms with Crippen molar-refractivity contribution < 1.29 is 0 Å². The van der Waals surface area contributed by atoms with E-state index in [-0.39, 0.29) is 0 Å². The van der Waals surface area contributed by atoms with E-state index in [1.54, 1.807) is 0 Å². The largest absolute Gasteiger partial charge is 0.320 e. The lowest BCUT2D eigenvalue weighted by Crippen LogP contribution is -2.02. The number of alkyl halides is 1. The van der Waals surface area contributed by atoms with Gasteiger partial charge in [0.2, 0.25) is 0 Å². The predicted molar refractivity (Wildman–Crippen MR) is 27.7 cm³/mol. The molecular weight excluding hydrogens is 165 g/mol. The number of halogens is 1. The highest BCUT2D eigenvalue weighted by atomic mass is 127. The maximum absolute atomic E-state index is 5.10. The molecule has 0 saturated carbocycles. The molecule has 0 rings (SSSR count). The molecule has 0 unspecified atom stereocenters. The third-order valence-corrected chi connectivity index (χ3v) is 0. The minimum absolute atomic E-state index is 0.303. The van der Waals surface area contributed by atoms with Gasteiger partial charge in [-0.25, -0.2) is 0 Å². The first-order valence-corrected chi connectivity index (χ1v) is 2.37. The Morgan fingerprint density at radius 2 is 2.00 bits per heavy atom. The lowest BCUT2D eigenvalue weighted by molar-refractivity contribution is 1.09. The van der Waals surface area contributed by atoms with E-state index in [2.05, 4.69) is 22.6 Å². The minimum Gasteiger partial charge on any atom is -0.320 e. The number of hydrogen-bond acceptors (Lipinski definition) is 1. The summed E-state index contributed by atoms with van der Waals surface area (Å²) in [6.07, 6.45) is 0. The second-order valence-electron chi connectivity index (χ2n) is 0.678. The summed E-state index contributed by atoms with van der Waals surface area (Å²) in [6.45, 7) is 1.93. The van der Waals surface area contributed by atoms with Crippen LogP contribution < -0.4 is 5.73 Å². The van der Waals surface area contributed by atoms with Gasteiger partial charge in [0, 0.05) is 0 Å². The Balaban J connectivity index is 2.32. The Bertz CT molecular complexity index is 10.8. The van der Waals surface area contributed by atoms with Gasteiger partial charge in [-0.05, 0) is 6.92 Å². The summed E-state index contributed by atoms with van der Waals surface area (Å²) in [7, 11) is 0. The van der Waals surface area contributed by atoms with E-state index in [1.807, 2.05) is 6.92 Å². The highest BCUT2D eigenvalue weighted by Crippen LogP contribution is 1.82. The Kier molecular flexibility index (Phi) is 2.30. The molecule has 1 atom stereocenters. The van der Waals surface area contributed by atoms with Gasteiger partial charge in [-0.3, -0.25) is 0 Å². The topological polar surface area (TPSA) is 26.0 Å². The van der Waals surface area contributed by atoms with Gasteiger partial charge in [0.05, 0.1) is 4.05 Å². The predicted octanol–water partition coefficient (Wildman–Crippen LogP) is 0.726. The van der Waals surface area contributed by atoms with Gasteiger partial charge in [-0.1, -0.05) is 22.6 Å². The van der Waals surface area contributed by atoms with Crippen LogP contribution in [0.4, 0.5) is 0 Å². The lowest BCUT2D eigenvalue weighted by atomic mass is 10.8. The van der Waals surface area contributed by atoms with Gasteiger partial charge in [-0.2, -0.15) is 0 Å². The van der Waals surface area contributed by atoms with Crippen LogP contribution in [0.2, 0.25) is 0 Å². The zero-order chi connectivity index (χ0) is 3.58. The fourth-order valence-corrected chi connectivity index (χ4v) is 0. The zero-order valence-corrected chi connectivity index (χ0v) is 4.69. The SMILES string of the molecule is C[C@H](N)I. The van der Waals surface area contributed by atoms with Crippen LogP contribution in [0.15, 0.2) is 0 Å². The summed E-state index contributed by atoms with van der Waals surface area (Å²) in [4.78, 5) is 0. The molecule has 0 fully saturated rings. The van der Waals surface area contributed by atoms with Crippen LogP contribution in [0, 0.1) is 0 Å². The molecule has 1 nitrogen and oxygen atoms in total. The average molecular weight is 171 g/mol. The lowest BCUT2D eigenvalue weighted by Gasteiger charge is -1.78. The number of nitrogens with two attached hydrogens (primary N) is 1. The molecule has 0 aromatic rings. The van der Waals surface area contributed by atoms with Crippen LogP contribution in [0.3, 0.4) is 0 Å². The Morgan fingerprint density at radius 3 is 2.00 bits per heavy atom. The molecule has 0 aliphatic heterocycles. The number of rotatable bonds is 0. The molecule has 0 aliphatic rings. The fraction of sp³-hybridized carbons (Fsp3) is 1.00. The van der Waals surface area contributed by atoms with E-state index in [4.69, 9.17) is 5.73 Å². The van der Waals surface area contributed by atoms with Gasteiger partial charge >= 0.3 is 0 Å². The van der Waals surface area contributed by atoms with E-state index in [0.717, 1.165) is 0 Å². The summed E-state index contributed by atoms with van der Waals surface area (Å²) in [6, 6.07) is 0. The van der Waals surface area contributed by atoms with Crippen LogP contribution in [0.1, 0.15) is 6.92 Å². The second-order valence-corrected chi connectivity index (χ2v) is 2.64. The molecule has 0 heterocycles. The highest BCUT2D eigenvalue weighted by molar-refractivity contribution is 14.1. The molecule has 0 saturated heterocycles. The van der Waals surface area contributed by atoms with Crippen molar-refractivity contribution in [3.05, 3.63) is 0 Å². The molecule has 2 heteroatoms. The molecule has 4 heavy (non-hydrogen) atoms. The molecule has 0 bridgehead atoms. The van der Waals surface area contributed by atoms with Gasteiger partial charge in [0.1, 0.15) is 0 Å². The highest BCUT2D eigenvalue weighted by Gasteiger charge is 1.70. The molecule has 0 radical (unpaired) electrons. The molecular formula is C2H6IN. The summed E-state index contributed by atoms with van der Waals surface area (Å²) in [5.41, 5.74) is 5.10. The summed E-state index contributed by atoms with van der Waals surface area (Å²) >= 11 is 2.12. The first kappa shape index (κ1) is 4.69. The second kappa shape index (κ2) is 1.96. The first-order chi connectivity index (χ1) is 1.73. The van der Waals surface area contributed by atoms with Gasteiger partial charge in [-0.15, -0.1) is 0 Å². The van der Waals surface area contributed by atoms with E-state index < -0.39 is 0 Å². The van der Waals surface area contributed by atoms with Crippen molar-refractivity contribution in [3.63, 3.8) is 0 Å². The maximum atomic E-state index is 5.10. The van der Waals surface area contributed by atoms with Crippen LogP contribution in [0.5, 0.6) is 0 Å². The monoisotopic (exact) mass is 171 g/mol. The molecule has 26 valence electrons. The summed E-state index contributed by atoms with van der Waals surface area (Å²) in [5.74, 6) is 0. The Hall–Kier alpha value is 0.690. The third-order valence-electron chi connectivity index (χ3n) is 0. The van der Waals surface area contributed by atoms with Crippen LogP contribution in [-0.2, 0) is 0 Å². The summed E-state index contributed by atoms with van der Waals surface area (Å²) in [5, 5.41) is 0. The molecule has 2 N–H and O–H groups in total. The van der Waals surface area contributed by atoms with Crippen molar-refractivity contribution in [2.24, 2.45) is 5.73 Å². The quantitative estimate of drug-likeness (QED) is 0.324. The van der Waals surface area contributed by atoms with E-state index in [1.165, 1.54) is 0 Å². The van der Waals surface area contributed by atoms with Crippen molar-refractivity contribution >= 4 is 22.6 Å². The Labute approximate surface area is 39.7 Å². The summed E-state index contributed by atoms with van der Waals surface area (Å²) < 4.78 is 0.303. The van der Waals surface area contributed by atoms with E-state index in [0.29, 0.717) is 4.05 Å². The zero-order valence-electron chi connectivity index (χ0n) is 2.53. The molecule has 0 aliphatic carbocycles. The maximum Gasteiger partial charge on any atom is 0.0539 e. The fourth-order valence-electron chi connectivity index (χ4n) is 0. The van der Waals surface area contributed by atoms with Crippen molar-refractivity contribution in [3.8, 4) is 0 Å². The molecule has 0 amide bonds. The standard InChI is InChI=1S/C2H6IN/c1-2(3)4/h2H,4H2,1H3/t2-/m0/s1. The van der Waals surface area contributed by atoms with Crippen molar-refractivity contribution in [1.82, 2.24) is 0 Å². The molecule has 0 spiro atoms. The van der Waals surface area contributed by atoms with Gasteiger partial charge < -0.3 is 5.73 Å². The van der Waals surface area contributed by atoms with Crippen LogP contribution in [0.25, 0.3) is 0 Å². The van der Waals surface area contributed by atoms with E-state index in [9.17, 15) is 0 Å². The smallest absolute Gasteiger partial charge is 0.0539 e. The number of hydrogen-bond donors (Lipinski definition) is 1. The molecule has 0 aromatic heterocycles. The van der Waals surface area contributed by atoms with Gasteiger partial charge in [0.25, 0.3) is 0 Å². The van der Waals surface area contributed by atoms with E-state index >= 15 is 0 Å². The van der Waals surface area contributed by atoms with Gasteiger partial charge in [0.15, 0.2) is 0 Å². The van der Waals surface area contributed by atoms with Crippen LogP contribution >= 0.6 is 22.6 Å². The van der Waals surface area contributed by atoms with Crippen molar-refractivity contribution in [1.29, 1.82) is 0 Å². The van der Waals surface area contributed by atoms with Crippen molar-refractivity contribution in [2.75, 3.05) is 0 Å². The Morgan fingerprint density at radius 1 is 2.00 bits per heavy atom.